The second-order valence-corrected chi connectivity index (χ2v) is 14.3. The molecule has 9 nitrogen and oxygen atoms in total. The Hall–Kier alpha value is -3.62. The van der Waals surface area contributed by atoms with Gasteiger partial charge in [0.05, 0.1) is 5.69 Å². The molecule has 2 N–H and O–H groups in total. The van der Waals surface area contributed by atoms with Crippen LogP contribution in [0.3, 0.4) is 0 Å². The average Bonchev–Trinajstić information content (AvgIpc) is 3.71. The number of unbranched alkanes of at least 4 members (excludes halogenated alkanes) is 1. The lowest BCUT2D eigenvalue weighted by Gasteiger charge is -2.31. The molecule has 3 aromatic heterocycles. The Morgan fingerprint density at radius 1 is 1.05 bits per heavy atom. The molecule has 0 aliphatic heterocycles. The quantitative estimate of drug-likeness (QED) is 0.159. The Labute approximate surface area is 263 Å². The van der Waals surface area contributed by atoms with E-state index < -0.39 is 6.10 Å². The Morgan fingerprint density at radius 2 is 1.77 bits per heavy atom. The van der Waals surface area contributed by atoms with E-state index in [1.54, 1.807) is 10.8 Å². The summed E-state index contributed by atoms with van der Waals surface area (Å²) < 4.78 is 10.1. The van der Waals surface area contributed by atoms with Crippen molar-refractivity contribution in [2.24, 2.45) is 0 Å². The molecule has 1 aromatic carbocycles. The lowest BCUT2D eigenvalue weighted by molar-refractivity contribution is -0.128. The second-order valence-electron chi connectivity index (χ2n) is 14.3. The molecule has 1 amide bonds. The van der Waals surface area contributed by atoms with Gasteiger partial charge in [-0.1, -0.05) is 87.8 Å². The van der Waals surface area contributed by atoms with Gasteiger partial charge in [0.1, 0.15) is 11.4 Å². The molecule has 0 aliphatic carbocycles. The number of benzene rings is 1. The fourth-order valence-electron chi connectivity index (χ4n) is 5.28. The summed E-state index contributed by atoms with van der Waals surface area (Å²) in [6, 6.07) is 8.43. The molecule has 0 saturated heterocycles. The first-order valence-electron chi connectivity index (χ1n) is 16.3. The summed E-state index contributed by atoms with van der Waals surface area (Å²) in [6.07, 6.45) is 8.17. The maximum Gasteiger partial charge on any atom is 0.261 e. The molecule has 0 fully saturated rings. The lowest BCUT2D eigenvalue weighted by atomic mass is 9.76. The molecule has 0 saturated carbocycles. The van der Waals surface area contributed by atoms with Crippen molar-refractivity contribution >= 4 is 11.6 Å². The van der Waals surface area contributed by atoms with Gasteiger partial charge < -0.3 is 10.1 Å². The van der Waals surface area contributed by atoms with Crippen LogP contribution in [0.1, 0.15) is 124 Å². The zero-order chi connectivity index (χ0) is 32.3. The first-order valence-corrected chi connectivity index (χ1v) is 16.3. The van der Waals surface area contributed by atoms with Crippen LogP contribution in [-0.4, -0.2) is 48.1 Å². The van der Waals surface area contributed by atoms with Crippen LogP contribution in [0, 0.1) is 0 Å². The molecule has 0 spiro atoms. The van der Waals surface area contributed by atoms with Crippen LogP contribution in [0.5, 0.6) is 5.75 Å². The fourth-order valence-corrected chi connectivity index (χ4v) is 5.28. The van der Waals surface area contributed by atoms with E-state index in [-0.39, 0.29) is 22.2 Å². The predicted octanol–water partition coefficient (Wildman–Crippen LogP) is 7.21. The SMILES string of the molecule is CCCCC(Oc1ccc(C(C)(C)CC)cc1C(C)(C)CC)C(=O)NCCc1nc2c(-n3cccn3)c(C(C)(C)C)[nH]n2n1. The van der Waals surface area contributed by atoms with Crippen molar-refractivity contribution in [1.82, 2.24) is 34.9 Å². The number of aromatic amines is 1. The van der Waals surface area contributed by atoms with Crippen LogP contribution in [0.25, 0.3) is 11.3 Å². The van der Waals surface area contributed by atoms with Gasteiger partial charge in [0.2, 0.25) is 5.65 Å². The van der Waals surface area contributed by atoms with Crippen molar-refractivity contribution in [3.05, 3.63) is 59.3 Å². The monoisotopic (exact) mass is 603 g/mol. The number of rotatable bonds is 14. The summed E-state index contributed by atoms with van der Waals surface area (Å²) >= 11 is 0. The molecule has 0 radical (unpaired) electrons. The van der Waals surface area contributed by atoms with E-state index in [9.17, 15) is 4.79 Å². The van der Waals surface area contributed by atoms with E-state index in [1.807, 2.05) is 16.9 Å². The summed E-state index contributed by atoms with van der Waals surface area (Å²) in [5.41, 5.74) is 4.89. The minimum Gasteiger partial charge on any atom is -0.480 e. The minimum atomic E-state index is -0.572. The summed E-state index contributed by atoms with van der Waals surface area (Å²) in [5.74, 6) is 1.35. The van der Waals surface area contributed by atoms with Crippen LogP contribution >= 0.6 is 0 Å². The number of fused-ring (bicyclic) bond motifs is 1. The maximum absolute atomic E-state index is 13.5. The molecule has 9 heteroatoms. The highest BCUT2D eigenvalue weighted by Crippen LogP contribution is 2.39. The van der Waals surface area contributed by atoms with Crippen LogP contribution in [0.2, 0.25) is 0 Å². The van der Waals surface area contributed by atoms with E-state index in [0.29, 0.717) is 30.9 Å². The minimum absolute atomic E-state index is 0.0657. The van der Waals surface area contributed by atoms with Gasteiger partial charge in [0.15, 0.2) is 11.9 Å². The second kappa shape index (κ2) is 13.2. The number of nitrogens with zero attached hydrogens (tertiary/aromatic N) is 5. The smallest absolute Gasteiger partial charge is 0.261 e. The number of carbonyl (C=O) groups excluding carboxylic acids is 1. The largest absolute Gasteiger partial charge is 0.480 e. The number of nitrogens with one attached hydrogen (secondary N) is 2. The van der Waals surface area contributed by atoms with E-state index in [2.05, 4.69) is 108 Å². The molecule has 1 unspecified atom stereocenters. The Balaban J connectivity index is 1.51. The molecule has 0 aliphatic rings. The zero-order valence-corrected chi connectivity index (χ0v) is 28.5. The van der Waals surface area contributed by atoms with Gasteiger partial charge in [-0.3, -0.25) is 9.89 Å². The van der Waals surface area contributed by atoms with Gasteiger partial charge in [0, 0.05) is 36.3 Å². The number of H-pyrrole nitrogens is 1. The number of carbonyl (C=O) groups is 1. The molecular weight excluding hydrogens is 550 g/mol. The number of hydrogen-bond donors (Lipinski definition) is 2. The highest BCUT2D eigenvalue weighted by atomic mass is 16.5. The van der Waals surface area contributed by atoms with Crippen molar-refractivity contribution in [2.75, 3.05) is 6.54 Å². The summed E-state index contributed by atoms with van der Waals surface area (Å²) in [6.45, 7) is 22.5. The Morgan fingerprint density at radius 3 is 2.39 bits per heavy atom. The predicted molar refractivity (Wildman–Crippen MR) is 177 cm³/mol. The third-order valence-corrected chi connectivity index (χ3v) is 9.09. The Kier molecular flexibility index (Phi) is 9.96. The van der Waals surface area contributed by atoms with Gasteiger partial charge in [-0.2, -0.15) is 9.73 Å². The number of ether oxygens (including phenoxy) is 1. The first-order chi connectivity index (χ1) is 20.7. The average molecular weight is 604 g/mol. The van der Waals surface area contributed by atoms with Crippen molar-refractivity contribution in [2.45, 2.75) is 130 Å². The topological polar surface area (TPSA) is 102 Å². The number of aromatic nitrogens is 6. The third-order valence-electron chi connectivity index (χ3n) is 9.09. The van der Waals surface area contributed by atoms with Crippen molar-refractivity contribution in [1.29, 1.82) is 0 Å². The van der Waals surface area contributed by atoms with Gasteiger partial charge in [-0.15, -0.1) is 5.10 Å². The van der Waals surface area contributed by atoms with Crippen LogP contribution in [0.4, 0.5) is 0 Å². The lowest BCUT2D eigenvalue weighted by Crippen LogP contribution is -2.40. The summed E-state index contributed by atoms with van der Waals surface area (Å²) in [5, 5.41) is 15.6. The molecule has 0 bridgehead atoms. The van der Waals surface area contributed by atoms with Gasteiger partial charge >= 0.3 is 0 Å². The molecule has 3 heterocycles. The van der Waals surface area contributed by atoms with Gasteiger partial charge in [-0.05, 0) is 54.2 Å². The van der Waals surface area contributed by atoms with Crippen LogP contribution < -0.4 is 10.1 Å². The molecule has 44 heavy (non-hydrogen) atoms. The van der Waals surface area contributed by atoms with Gasteiger partial charge in [-0.25, -0.2) is 9.67 Å². The molecular formula is C35H53N7O2. The van der Waals surface area contributed by atoms with Crippen molar-refractivity contribution in [3.8, 4) is 11.4 Å². The standard InChI is InChI=1S/C35H53N7O2/c1-11-14-16-27(44-26-18-17-24(34(7,8)12-2)23-25(26)35(9,10)13-3)32(43)36-21-19-28-38-31-29(41-22-15-20-37-41)30(33(4,5)6)40-42(31)39-28/h15,17-18,20,22-23,27,40H,11-14,16,19,21H2,1-10H3,(H,36,43). The van der Waals surface area contributed by atoms with E-state index in [1.165, 1.54) is 5.56 Å². The van der Waals surface area contributed by atoms with E-state index >= 15 is 0 Å². The highest BCUT2D eigenvalue weighted by Gasteiger charge is 2.30. The maximum atomic E-state index is 13.5. The van der Waals surface area contributed by atoms with Crippen molar-refractivity contribution < 1.29 is 9.53 Å². The van der Waals surface area contributed by atoms with Gasteiger partial charge in [0.25, 0.3) is 5.91 Å². The first kappa shape index (κ1) is 33.3. The van der Waals surface area contributed by atoms with E-state index in [4.69, 9.17) is 9.72 Å². The highest BCUT2D eigenvalue weighted by molar-refractivity contribution is 5.81. The molecule has 240 valence electrons. The zero-order valence-electron chi connectivity index (χ0n) is 28.5. The fraction of sp³-hybridized carbons (Fsp3) is 0.600. The Bertz CT molecular complexity index is 1540. The molecule has 4 rings (SSSR count). The summed E-state index contributed by atoms with van der Waals surface area (Å²) in [7, 11) is 0. The normalized spacial score (nSPS) is 13.4. The molecule has 4 aromatic rings. The van der Waals surface area contributed by atoms with Crippen LogP contribution in [-0.2, 0) is 27.5 Å². The number of amides is 1. The van der Waals surface area contributed by atoms with Crippen molar-refractivity contribution in [3.63, 3.8) is 0 Å². The van der Waals surface area contributed by atoms with E-state index in [0.717, 1.165) is 48.4 Å². The van der Waals surface area contributed by atoms with Crippen LogP contribution in [0.15, 0.2) is 36.7 Å². The molecule has 1 atom stereocenters. The number of hydrogen-bond acceptors (Lipinski definition) is 5. The summed E-state index contributed by atoms with van der Waals surface area (Å²) in [4.78, 5) is 18.4. The third kappa shape index (κ3) is 7.19.